The maximum atomic E-state index is 6.11. The van der Waals surface area contributed by atoms with Crippen molar-refractivity contribution in [1.82, 2.24) is 0 Å². The largest absolute Gasteiger partial charge is 0.502 e. The van der Waals surface area contributed by atoms with Crippen LogP contribution in [0, 0.1) is 0 Å². The molecule has 0 aromatic heterocycles. The molecule has 0 saturated carbocycles. The zero-order chi connectivity index (χ0) is 11.6. The van der Waals surface area contributed by atoms with Crippen molar-refractivity contribution in [2.75, 3.05) is 13.2 Å². The normalized spacial score (nSPS) is 11.4. The highest BCUT2D eigenvalue weighted by atomic mass is 28.4. The summed E-state index contributed by atoms with van der Waals surface area (Å²) in [6, 6.07) is 3.72. The number of hydrogen-bond acceptors (Lipinski definition) is 2. The van der Waals surface area contributed by atoms with Crippen LogP contribution in [-0.4, -0.2) is 21.5 Å². The topological polar surface area (TPSA) is 18.5 Å². The van der Waals surface area contributed by atoms with Gasteiger partial charge in [-0.15, -0.1) is 0 Å². The molecular formula is C12H26O2Si. The van der Waals surface area contributed by atoms with Gasteiger partial charge in [-0.3, -0.25) is 0 Å². The Morgan fingerprint density at radius 3 is 2.00 bits per heavy atom. The second-order valence-corrected chi connectivity index (χ2v) is 8.61. The first kappa shape index (κ1) is 14.7. The summed E-state index contributed by atoms with van der Waals surface area (Å²) in [5, 5.41) is 0. The van der Waals surface area contributed by atoms with Crippen molar-refractivity contribution in [3.63, 3.8) is 0 Å². The molecule has 0 heterocycles. The first-order valence-electron chi connectivity index (χ1n) is 6.11. The molecule has 0 fully saturated rings. The molecule has 0 aliphatic heterocycles. The Kier molecular flexibility index (Phi) is 8.81. The maximum absolute atomic E-state index is 6.11. The second-order valence-electron chi connectivity index (χ2n) is 3.84. The van der Waals surface area contributed by atoms with Gasteiger partial charge in [-0.05, 0) is 31.0 Å². The van der Waals surface area contributed by atoms with Crippen LogP contribution >= 0.6 is 0 Å². The monoisotopic (exact) mass is 230 g/mol. The predicted molar refractivity (Wildman–Crippen MR) is 68.5 cm³/mol. The smallest absolute Gasteiger partial charge is 0.191 e. The van der Waals surface area contributed by atoms with E-state index in [1.165, 1.54) is 24.4 Å². The molecule has 0 unspecified atom stereocenters. The SMILES string of the molecule is C=COCCCCO[Si](CC)(CC)CC. The molecular weight excluding hydrogens is 204 g/mol. The maximum Gasteiger partial charge on any atom is 0.191 e. The molecule has 15 heavy (non-hydrogen) atoms. The zero-order valence-electron chi connectivity index (χ0n) is 10.6. The standard InChI is InChI=1S/C12H26O2Si/c1-5-13-11-9-10-12-14-15(6-2,7-3)8-4/h5H,1,6-12H2,2-4H3. The molecule has 0 aliphatic carbocycles. The van der Waals surface area contributed by atoms with E-state index in [-0.39, 0.29) is 0 Å². The fraction of sp³-hybridized carbons (Fsp3) is 0.833. The quantitative estimate of drug-likeness (QED) is 0.321. The van der Waals surface area contributed by atoms with Gasteiger partial charge in [-0.25, -0.2) is 0 Å². The van der Waals surface area contributed by atoms with Crippen molar-refractivity contribution in [2.45, 2.75) is 51.7 Å². The first-order chi connectivity index (χ1) is 7.24. The fourth-order valence-electron chi connectivity index (χ4n) is 1.72. The van der Waals surface area contributed by atoms with Crippen molar-refractivity contribution in [1.29, 1.82) is 0 Å². The Morgan fingerprint density at radius 2 is 1.53 bits per heavy atom. The van der Waals surface area contributed by atoms with E-state index >= 15 is 0 Å². The van der Waals surface area contributed by atoms with Crippen LogP contribution in [0.2, 0.25) is 18.1 Å². The van der Waals surface area contributed by atoms with Gasteiger partial charge in [0.1, 0.15) is 0 Å². The molecule has 0 aromatic rings. The summed E-state index contributed by atoms with van der Waals surface area (Å²) in [7, 11) is -1.35. The molecule has 0 spiro atoms. The summed E-state index contributed by atoms with van der Waals surface area (Å²) in [6.45, 7) is 12.0. The molecule has 2 nitrogen and oxygen atoms in total. The van der Waals surface area contributed by atoms with E-state index in [2.05, 4.69) is 27.4 Å². The minimum Gasteiger partial charge on any atom is -0.502 e. The van der Waals surface area contributed by atoms with Gasteiger partial charge in [0.15, 0.2) is 8.32 Å². The van der Waals surface area contributed by atoms with E-state index in [0.717, 1.165) is 26.1 Å². The van der Waals surface area contributed by atoms with Gasteiger partial charge in [-0.1, -0.05) is 27.4 Å². The predicted octanol–water partition coefficient (Wildman–Crippen LogP) is 3.95. The van der Waals surface area contributed by atoms with E-state index in [9.17, 15) is 0 Å². The first-order valence-corrected chi connectivity index (χ1v) is 8.64. The van der Waals surface area contributed by atoms with E-state index in [0.29, 0.717) is 0 Å². The van der Waals surface area contributed by atoms with Crippen molar-refractivity contribution in [3.8, 4) is 0 Å². The molecule has 0 saturated heterocycles. The average molecular weight is 230 g/mol. The molecule has 0 N–H and O–H groups in total. The minimum atomic E-state index is -1.35. The van der Waals surface area contributed by atoms with E-state index < -0.39 is 8.32 Å². The van der Waals surface area contributed by atoms with Crippen LogP contribution in [0.1, 0.15) is 33.6 Å². The number of unbranched alkanes of at least 4 members (excludes halogenated alkanes) is 1. The fourth-order valence-corrected chi connectivity index (χ4v) is 4.41. The summed E-state index contributed by atoms with van der Waals surface area (Å²) < 4.78 is 11.2. The Morgan fingerprint density at radius 1 is 1.00 bits per heavy atom. The number of ether oxygens (including phenoxy) is 1. The second kappa shape index (κ2) is 8.98. The molecule has 0 amide bonds. The van der Waals surface area contributed by atoms with Gasteiger partial charge >= 0.3 is 0 Å². The van der Waals surface area contributed by atoms with Gasteiger partial charge in [-0.2, -0.15) is 0 Å². The number of hydrogen-bond donors (Lipinski definition) is 0. The minimum absolute atomic E-state index is 0.770. The van der Waals surface area contributed by atoms with Gasteiger partial charge in [0.25, 0.3) is 0 Å². The van der Waals surface area contributed by atoms with Gasteiger partial charge in [0.05, 0.1) is 12.9 Å². The lowest BCUT2D eigenvalue weighted by atomic mass is 10.3. The van der Waals surface area contributed by atoms with Crippen LogP contribution in [0.5, 0.6) is 0 Å². The van der Waals surface area contributed by atoms with E-state index in [1.54, 1.807) is 0 Å². The Labute approximate surface area is 95.8 Å². The molecule has 0 aromatic carbocycles. The van der Waals surface area contributed by atoms with E-state index in [1.807, 2.05) is 0 Å². The highest BCUT2D eigenvalue weighted by Gasteiger charge is 2.27. The van der Waals surface area contributed by atoms with Crippen LogP contribution in [-0.2, 0) is 9.16 Å². The van der Waals surface area contributed by atoms with Crippen molar-refractivity contribution >= 4 is 8.32 Å². The third kappa shape index (κ3) is 6.00. The molecule has 0 radical (unpaired) electrons. The Hall–Kier alpha value is -0.283. The highest BCUT2D eigenvalue weighted by molar-refractivity contribution is 6.73. The Balaban J connectivity index is 3.58. The summed E-state index contributed by atoms with van der Waals surface area (Å²) in [4.78, 5) is 0. The molecule has 0 rings (SSSR count). The summed E-state index contributed by atoms with van der Waals surface area (Å²) in [6.07, 6.45) is 3.67. The Bertz CT molecular complexity index is 147. The van der Waals surface area contributed by atoms with Crippen LogP contribution in [0.25, 0.3) is 0 Å². The average Bonchev–Trinajstić information content (AvgIpc) is 2.29. The van der Waals surface area contributed by atoms with Crippen LogP contribution in [0.4, 0.5) is 0 Å². The van der Waals surface area contributed by atoms with Crippen LogP contribution in [0.15, 0.2) is 12.8 Å². The zero-order valence-corrected chi connectivity index (χ0v) is 11.6. The highest BCUT2D eigenvalue weighted by Crippen LogP contribution is 2.21. The van der Waals surface area contributed by atoms with Crippen molar-refractivity contribution in [3.05, 3.63) is 12.8 Å². The summed E-state index contributed by atoms with van der Waals surface area (Å²) >= 11 is 0. The third-order valence-electron chi connectivity index (χ3n) is 3.12. The number of rotatable bonds is 10. The summed E-state index contributed by atoms with van der Waals surface area (Å²) in [5.74, 6) is 0. The molecule has 0 bridgehead atoms. The summed E-state index contributed by atoms with van der Waals surface area (Å²) in [5.41, 5.74) is 0. The molecule has 0 aliphatic rings. The lowest BCUT2D eigenvalue weighted by Gasteiger charge is -2.27. The van der Waals surface area contributed by atoms with Gasteiger partial charge in [0, 0.05) is 6.61 Å². The van der Waals surface area contributed by atoms with Crippen molar-refractivity contribution in [2.24, 2.45) is 0 Å². The lowest BCUT2D eigenvalue weighted by Crippen LogP contribution is -2.36. The van der Waals surface area contributed by atoms with Gasteiger partial charge < -0.3 is 9.16 Å². The van der Waals surface area contributed by atoms with Crippen LogP contribution in [0.3, 0.4) is 0 Å². The third-order valence-corrected chi connectivity index (χ3v) is 7.80. The van der Waals surface area contributed by atoms with Crippen LogP contribution < -0.4 is 0 Å². The van der Waals surface area contributed by atoms with E-state index in [4.69, 9.17) is 9.16 Å². The molecule has 3 heteroatoms. The van der Waals surface area contributed by atoms with Gasteiger partial charge in [0.2, 0.25) is 0 Å². The molecule has 90 valence electrons. The lowest BCUT2D eigenvalue weighted by molar-refractivity contribution is 0.222. The van der Waals surface area contributed by atoms with Crippen molar-refractivity contribution < 1.29 is 9.16 Å². The molecule has 0 atom stereocenters.